The van der Waals surface area contributed by atoms with Crippen molar-refractivity contribution in [1.29, 1.82) is 0 Å². The van der Waals surface area contributed by atoms with Gasteiger partial charge in [0.15, 0.2) is 14.7 Å². The van der Waals surface area contributed by atoms with Crippen LogP contribution in [-0.2, 0) is 10.9 Å². The fraction of sp³-hybridized carbons (Fsp3) is 0.308. The lowest BCUT2D eigenvalue weighted by molar-refractivity contribution is 1.32. The van der Waals surface area contributed by atoms with Gasteiger partial charge in [0.2, 0.25) is 0 Å². The zero-order valence-electron chi connectivity index (χ0n) is 18.1. The van der Waals surface area contributed by atoms with Crippen LogP contribution in [0, 0.1) is 0 Å². The van der Waals surface area contributed by atoms with Crippen LogP contribution in [0.25, 0.3) is 0 Å². The predicted molar refractivity (Wildman–Crippen MR) is 132 cm³/mol. The van der Waals surface area contributed by atoms with Gasteiger partial charge in [0, 0.05) is 0 Å². The Kier molecular flexibility index (Phi) is 25.2. The van der Waals surface area contributed by atoms with Gasteiger partial charge in [-0.25, -0.2) is 0 Å². The van der Waals surface area contributed by atoms with Crippen LogP contribution in [-0.4, -0.2) is 7.05 Å². The topological polar surface area (TPSA) is 26.0 Å². The highest BCUT2D eigenvalue weighted by atomic mass is 32.2. The molecule has 0 amide bonds. The van der Waals surface area contributed by atoms with Crippen molar-refractivity contribution in [3.05, 3.63) is 91.0 Å². The van der Waals surface area contributed by atoms with E-state index in [9.17, 15) is 0 Å². The molecule has 0 spiro atoms. The van der Waals surface area contributed by atoms with E-state index in [0.29, 0.717) is 0 Å². The molecular weight excluding hydrogens is 358 g/mol. The molecular formula is C26H42NS+. The highest BCUT2D eigenvalue weighted by molar-refractivity contribution is 7.97. The summed E-state index contributed by atoms with van der Waals surface area (Å²) < 4.78 is 0. The van der Waals surface area contributed by atoms with Gasteiger partial charge in [-0.3, -0.25) is 0 Å². The Bertz CT molecular complexity index is 530. The van der Waals surface area contributed by atoms with E-state index in [4.69, 9.17) is 0 Å². The molecule has 1 nitrogen and oxygen atoms in total. The monoisotopic (exact) mass is 400 g/mol. The summed E-state index contributed by atoms with van der Waals surface area (Å²) >= 11 is 0. The molecule has 0 saturated carbocycles. The van der Waals surface area contributed by atoms with Gasteiger partial charge in [0.1, 0.15) is 0 Å². The van der Waals surface area contributed by atoms with Gasteiger partial charge in [0.05, 0.1) is 10.9 Å². The molecule has 2 heteroatoms. The van der Waals surface area contributed by atoms with E-state index >= 15 is 0 Å². The maximum atomic E-state index is 4.50. The summed E-state index contributed by atoms with van der Waals surface area (Å²) in [5.41, 5.74) is 4.50. The minimum absolute atomic E-state index is 0. The minimum atomic E-state index is -0.0146. The van der Waals surface area contributed by atoms with E-state index in [1.165, 1.54) is 21.7 Å². The van der Waals surface area contributed by atoms with Gasteiger partial charge in [-0.05, 0) is 43.4 Å². The molecule has 3 aromatic carbocycles. The molecule has 0 fully saturated rings. The van der Waals surface area contributed by atoms with Crippen LogP contribution in [0.3, 0.4) is 0 Å². The van der Waals surface area contributed by atoms with Gasteiger partial charge < -0.3 is 5.73 Å². The molecule has 0 heterocycles. The van der Waals surface area contributed by atoms with E-state index in [1.807, 2.05) is 41.5 Å². The summed E-state index contributed by atoms with van der Waals surface area (Å²) in [6.07, 6.45) is 0. The van der Waals surface area contributed by atoms with Crippen LogP contribution in [0.5, 0.6) is 0 Å². The quantitative estimate of drug-likeness (QED) is 0.442. The molecule has 0 radical (unpaired) electrons. The number of hydrogen-bond donors (Lipinski definition) is 1. The number of benzene rings is 3. The first-order chi connectivity index (χ1) is 13.4. The Balaban J connectivity index is -0.000000622. The summed E-state index contributed by atoms with van der Waals surface area (Å²) in [7, 11) is 1.49. The Morgan fingerprint density at radius 1 is 0.429 bits per heavy atom. The summed E-state index contributed by atoms with van der Waals surface area (Å²) in [6, 6.07) is 32.2. The molecule has 0 aliphatic carbocycles. The zero-order chi connectivity index (χ0) is 20.9. The summed E-state index contributed by atoms with van der Waals surface area (Å²) in [5, 5.41) is 0. The summed E-state index contributed by atoms with van der Waals surface area (Å²) in [4.78, 5) is 4.08. The fourth-order valence-electron chi connectivity index (χ4n) is 2.08. The smallest absolute Gasteiger partial charge is 0.166 e. The van der Waals surface area contributed by atoms with Gasteiger partial charge in [0.25, 0.3) is 0 Å². The summed E-state index contributed by atoms with van der Waals surface area (Å²) in [6.45, 7) is 12.0. The van der Waals surface area contributed by atoms with Crippen LogP contribution >= 0.6 is 0 Å². The molecule has 0 aliphatic rings. The lowest BCUT2D eigenvalue weighted by Gasteiger charge is -2.07. The second-order valence-electron chi connectivity index (χ2n) is 4.25. The van der Waals surface area contributed by atoms with Crippen LogP contribution in [0.4, 0.5) is 0 Å². The normalized spacial score (nSPS) is 8.04. The lowest BCUT2D eigenvalue weighted by atomic mass is 10.4. The average molecular weight is 401 g/mol. The van der Waals surface area contributed by atoms with Crippen molar-refractivity contribution >= 4 is 10.9 Å². The molecule has 0 saturated heterocycles. The lowest BCUT2D eigenvalue weighted by Crippen LogP contribution is -2.04. The minimum Gasteiger partial charge on any atom is -0.333 e. The Labute approximate surface area is 178 Å². The average Bonchev–Trinajstić information content (AvgIpc) is 2.82. The van der Waals surface area contributed by atoms with Crippen LogP contribution in [0.2, 0.25) is 0 Å². The number of nitrogens with two attached hydrogens (primary N) is 1. The first-order valence-electron chi connectivity index (χ1n) is 9.92. The molecule has 0 aromatic heterocycles. The Morgan fingerprint density at radius 3 is 0.786 bits per heavy atom. The van der Waals surface area contributed by atoms with Crippen molar-refractivity contribution in [2.24, 2.45) is 5.73 Å². The third-order valence-corrected chi connectivity index (χ3v) is 5.17. The third kappa shape index (κ3) is 11.0. The van der Waals surface area contributed by atoms with Crippen LogP contribution < -0.4 is 5.73 Å². The number of rotatable bonds is 3. The maximum Gasteiger partial charge on any atom is 0.166 e. The fourth-order valence-corrected chi connectivity index (χ4v) is 4.18. The zero-order valence-corrected chi connectivity index (χ0v) is 19.0. The van der Waals surface area contributed by atoms with Crippen LogP contribution in [0.15, 0.2) is 106 Å². The standard InChI is InChI=1S/C18H15S.3C2H6.CH5N.CH4/c1-4-10-16(11-5-1)19(17-12-6-2-7-13-17)18-14-8-3-9-15-18;4*1-2;/h1-15H;3*1-2H3;2H2,1H3;1H4/q+1;;;;;. The highest BCUT2D eigenvalue weighted by Crippen LogP contribution is 2.30. The van der Waals surface area contributed by atoms with Crippen LogP contribution in [0.1, 0.15) is 49.0 Å². The maximum absolute atomic E-state index is 4.50. The van der Waals surface area contributed by atoms with Crippen molar-refractivity contribution in [2.75, 3.05) is 7.05 Å². The SMILES string of the molecule is C.CC.CC.CC.CN.c1ccc([S+](c2ccccc2)c2ccccc2)cc1. The Hall–Kier alpha value is -2.03. The molecule has 2 N–H and O–H groups in total. The van der Waals surface area contributed by atoms with Gasteiger partial charge in [-0.2, -0.15) is 0 Å². The predicted octanol–water partition coefficient (Wildman–Crippen LogP) is 8.07. The van der Waals surface area contributed by atoms with E-state index in [2.05, 4.69) is 96.7 Å². The number of hydrogen-bond acceptors (Lipinski definition) is 1. The van der Waals surface area contributed by atoms with Gasteiger partial charge in [-0.1, -0.05) is 104 Å². The molecule has 3 rings (SSSR count). The second-order valence-corrected chi connectivity index (χ2v) is 6.27. The third-order valence-electron chi connectivity index (χ3n) is 2.94. The van der Waals surface area contributed by atoms with Crippen molar-refractivity contribution in [1.82, 2.24) is 0 Å². The first kappa shape index (κ1) is 30.7. The molecule has 28 heavy (non-hydrogen) atoms. The molecule has 156 valence electrons. The molecule has 0 bridgehead atoms. The van der Waals surface area contributed by atoms with E-state index in [-0.39, 0.29) is 18.3 Å². The summed E-state index contributed by atoms with van der Waals surface area (Å²) in [5.74, 6) is 0. The van der Waals surface area contributed by atoms with Crippen molar-refractivity contribution < 1.29 is 0 Å². The van der Waals surface area contributed by atoms with E-state index in [0.717, 1.165) is 0 Å². The van der Waals surface area contributed by atoms with E-state index in [1.54, 1.807) is 0 Å². The Morgan fingerprint density at radius 2 is 0.607 bits per heavy atom. The molecule has 0 aliphatic heterocycles. The molecule has 3 aromatic rings. The molecule has 0 unspecified atom stereocenters. The van der Waals surface area contributed by atoms with Gasteiger partial charge >= 0.3 is 0 Å². The van der Waals surface area contributed by atoms with Crippen molar-refractivity contribution in [3.8, 4) is 0 Å². The van der Waals surface area contributed by atoms with Crippen molar-refractivity contribution in [3.63, 3.8) is 0 Å². The highest BCUT2D eigenvalue weighted by Gasteiger charge is 2.27. The first-order valence-corrected chi connectivity index (χ1v) is 11.1. The molecule has 0 atom stereocenters. The van der Waals surface area contributed by atoms with Crippen molar-refractivity contribution in [2.45, 2.75) is 63.7 Å². The largest absolute Gasteiger partial charge is 0.333 e. The van der Waals surface area contributed by atoms with Gasteiger partial charge in [-0.15, -0.1) is 0 Å². The van der Waals surface area contributed by atoms with E-state index < -0.39 is 0 Å². The second kappa shape index (κ2) is 23.0.